The van der Waals surface area contributed by atoms with Crippen LogP contribution in [0.25, 0.3) is 0 Å². The van der Waals surface area contributed by atoms with E-state index >= 15 is 0 Å². The molecule has 2 aliphatic heterocycles. The van der Waals surface area contributed by atoms with Crippen molar-refractivity contribution in [3.8, 4) is 11.5 Å². The van der Waals surface area contributed by atoms with E-state index < -0.39 is 0 Å². The minimum atomic E-state index is -0.260. The van der Waals surface area contributed by atoms with Gasteiger partial charge in [-0.1, -0.05) is 12.1 Å². The van der Waals surface area contributed by atoms with Gasteiger partial charge in [-0.25, -0.2) is 4.39 Å². The molecule has 2 aliphatic rings. The maximum atomic E-state index is 13.9. The van der Waals surface area contributed by atoms with Crippen molar-refractivity contribution in [1.29, 1.82) is 0 Å². The Morgan fingerprint density at radius 2 is 2.10 bits per heavy atom. The molecular formula is C23H29FIN3O3. The van der Waals surface area contributed by atoms with Crippen LogP contribution in [0.4, 0.5) is 4.39 Å². The predicted molar refractivity (Wildman–Crippen MR) is 129 cm³/mol. The Hall–Kier alpha value is -2.07. The van der Waals surface area contributed by atoms with Crippen molar-refractivity contribution in [3.05, 3.63) is 58.9 Å². The van der Waals surface area contributed by atoms with Gasteiger partial charge >= 0.3 is 0 Å². The predicted octanol–water partition coefficient (Wildman–Crippen LogP) is 3.93. The van der Waals surface area contributed by atoms with Gasteiger partial charge in [0.2, 0.25) is 0 Å². The minimum Gasteiger partial charge on any atom is -0.497 e. The second-order valence-corrected chi connectivity index (χ2v) is 7.59. The zero-order chi connectivity index (χ0) is 20.9. The Labute approximate surface area is 199 Å². The molecule has 6 nitrogen and oxygen atoms in total. The summed E-state index contributed by atoms with van der Waals surface area (Å²) in [6.45, 7) is 3.11. The van der Waals surface area contributed by atoms with E-state index in [0.717, 1.165) is 48.1 Å². The van der Waals surface area contributed by atoms with Crippen molar-refractivity contribution in [2.24, 2.45) is 4.99 Å². The van der Waals surface area contributed by atoms with Crippen LogP contribution in [0.1, 0.15) is 29.0 Å². The molecule has 8 heteroatoms. The average molecular weight is 541 g/mol. The van der Waals surface area contributed by atoms with Crippen molar-refractivity contribution >= 4 is 29.9 Å². The van der Waals surface area contributed by atoms with Crippen LogP contribution in [0.2, 0.25) is 0 Å². The average Bonchev–Trinajstić information content (AvgIpc) is 3.26. The summed E-state index contributed by atoms with van der Waals surface area (Å²) in [5.41, 5.74) is 2.94. The molecule has 0 saturated carbocycles. The Balaban J connectivity index is 0.00000272. The van der Waals surface area contributed by atoms with Gasteiger partial charge in [0.1, 0.15) is 17.3 Å². The van der Waals surface area contributed by atoms with Crippen molar-refractivity contribution in [2.45, 2.75) is 25.4 Å². The van der Waals surface area contributed by atoms with Crippen LogP contribution < -0.4 is 14.8 Å². The largest absolute Gasteiger partial charge is 0.497 e. The lowest BCUT2D eigenvalue weighted by Gasteiger charge is -2.23. The smallest absolute Gasteiger partial charge is 0.193 e. The van der Waals surface area contributed by atoms with Crippen LogP contribution in [0.3, 0.4) is 0 Å². The summed E-state index contributed by atoms with van der Waals surface area (Å²) in [6.07, 6.45) is 1.73. The number of ether oxygens (including phenoxy) is 3. The number of hydrogen-bond donors (Lipinski definition) is 1. The van der Waals surface area contributed by atoms with Gasteiger partial charge in [0, 0.05) is 38.2 Å². The molecule has 1 unspecified atom stereocenters. The summed E-state index contributed by atoms with van der Waals surface area (Å²) >= 11 is 0. The normalized spacial score (nSPS) is 18.1. The van der Waals surface area contributed by atoms with E-state index in [-0.39, 0.29) is 36.6 Å². The quantitative estimate of drug-likeness (QED) is 0.354. The highest BCUT2D eigenvalue weighted by molar-refractivity contribution is 14.0. The monoisotopic (exact) mass is 541 g/mol. The number of benzene rings is 2. The molecule has 31 heavy (non-hydrogen) atoms. The fraction of sp³-hybridized carbons (Fsp3) is 0.435. The van der Waals surface area contributed by atoms with Gasteiger partial charge < -0.3 is 24.4 Å². The number of halogens is 2. The molecule has 0 spiro atoms. The van der Waals surface area contributed by atoms with Crippen LogP contribution in [0.15, 0.2) is 41.4 Å². The fourth-order valence-corrected chi connectivity index (χ4v) is 4.18. The van der Waals surface area contributed by atoms with Crippen LogP contribution in [-0.2, 0) is 17.8 Å². The number of fused-ring (bicyclic) bond motifs is 1. The summed E-state index contributed by atoms with van der Waals surface area (Å²) in [7, 11) is 3.48. The molecule has 168 valence electrons. The summed E-state index contributed by atoms with van der Waals surface area (Å²) in [5.74, 6) is 2.71. The zero-order valence-electron chi connectivity index (χ0n) is 17.9. The first-order chi connectivity index (χ1) is 14.7. The number of likely N-dealkylation sites (tertiary alicyclic amines) is 1. The van der Waals surface area contributed by atoms with Gasteiger partial charge in [-0.3, -0.25) is 4.99 Å². The number of methoxy groups -OCH3 is 1. The Kier molecular flexibility index (Phi) is 8.36. The van der Waals surface area contributed by atoms with E-state index in [0.29, 0.717) is 25.5 Å². The van der Waals surface area contributed by atoms with E-state index in [9.17, 15) is 4.39 Å². The first kappa shape index (κ1) is 23.6. The third-order valence-electron chi connectivity index (χ3n) is 5.72. The number of hydrogen-bond acceptors (Lipinski definition) is 4. The van der Waals surface area contributed by atoms with Gasteiger partial charge in [-0.15, -0.1) is 24.0 Å². The van der Waals surface area contributed by atoms with Gasteiger partial charge in [0.15, 0.2) is 12.8 Å². The molecule has 0 amide bonds. The lowest BCUT2D eigenvalue weighted by Crippen LogP contribution is -2.40. The summed E-state index contributed by atoms with van der Waals surface area (Å²) in [5, 5.41) is 3.42. The Morgan fingerprint density at radius 3 is 2.84 bits per heavy atom. The number of aliphatic imine (C=N–C) groups is 1. The van der Waals surface area contributed by atoms with Crippen LogP contribution in [0.5, 0.6) is 11.5 Å². The molecule has 2 heterocycles. The molecule has 2 aromatic carbocycles. The zero-order valence-corrected chi connectivity index (χ0v) is 20.2. The van der Waals surface area contributed by atoms with E-state index in [4.69, 9.17) is 14.2 Å². The topological polar surface area (TPSA) is 55.3 Å². The highest BCUT2D eigenvalue weighted by Crippen LogP contribution is 2.30. The molecule has 2 aromatic rings. The summed E-state index contributed by atoms with van der Waals surface area (Å²) < 4.78 is 30.0. The summed E-state index contributed by atoms with van der Waals surface area (Å²) in [6, 6.07) is 11.3. The molecule has 4 rings (SSSR count). The molecule has 1 atom stereocenters. The molecule has 0 aliphatic carbocycles. The van der Waals surface area contributed by atoms with Crippen molar-refractivity contribution in [3.63, 3.8) is 0 Å². The minimum absolute atomic E-state index is 0. The first-order valence-electron chi connectivity index (χ1n) is 10.3. The van der Waals surface area contributed by atoms with E-state index in [1.807, 2.05) is 12.1 Å². The van der Waals surface area contributed by atoms with Gasteiger partial charge in [0.05, 0.1) is 13.7 Å². The lowest BCUT2D eigenvalue weighted by atomic mass is 9.98. The molecule has 1 fully saturated rings. The Morgan fingerprint density at radius 1 is 1.29 bits per heavy atom. The maximum absolute atomic E-state index is 13.9. The van der Waals surface area contributed by atoms with Gasteiger partial charge in [0.25, 0.3) is 0 Å². The highest BCUT2D eigenvalue weighted by Gasteiger charge is 2.26. The molecule has 0 bridgehead atoms. The Bertz CT molecular complexity index is 908. The SMILES string of the molecule is CN=C(NCCc1cc(F)cc2c1OCOC2)N1CCC(c2ccc(OC)cc2)C1.I. The third kappa shape index (κ3) is 5.60. The second kappa shape index (κ2) is 11.0. The standard InChI is InChI=1S/C23H28FN3O3.HI/c1-25-23(27-10-8-18(13-27)16-3-5-21(28-2)6-4-16)26-9-7-17-11-20(24)12-19-14-29-15-30-22(17)19;/h3-6,11-12,18H,7-10,13-15H2,1-2H3,(H,25,26);1H. The number of nitrogens with one attached hydrogen (secondary N) is 1. The molecule has 1 N–H and O–H groups in total. The first-order valence-corrected chi connectivity index (χ1v) is 10.3. The van der Waals surface area contributed by atoms with E-state index in [2.05, 4.69) is 27.3 Å². The van der Waals surface area contributed by atoms with Crippen LogP contribution in [0, 0.1) is 5.82 Å². The van der Waals surface area contributed by atoms with Gasteiger partial charge in [-0.05, 0) is 48.2 Å². The molecule has 1 saturated heterocycles. The van der Waals surface area contributed by atoms with Gasteiger partial charge in [-0.2, -0.15) is 0 Å². The third-order valence-corrected chi connectivity index (χ3v) is 5.72. The maximum Gasteiger partial charge on any atom is 0.193 e. The van der Waals surface area contributed by atoms with Crippen molar-refractivity contribution in [2.75, 3.05) is 40.6 Å². The summed E-state index contributed by atoms with van der Waals surface area (Å²) in [4.78, 5) is 6.73. The van der Waals surface area contributed by atoms with E-state index in [1.54, 1.807) is 20.2 Å². The van der Waals surface area contributed by atoms with Crippen molar-refractivity contribution in [1.82, 2.24) is 10.2 Å². The number of rotatable bonds is 5. The lowest BCUT2D eigenvalue weighted by molar-refractivity contribution is -0.0172. The van der Waals surface area contributed by atoms with Crippen LogP contribution in [-0.4, -0.2) is 51.4 Å². The molecule has 0 radical (unpaired) electrons. The highest BCUT2D eigenvalue weighted by atomic mass is 127. The molecule has 0 aromatic heterocycles. The van der Waals surface area contributed by atoms with Crippen LogP contribution >= 0.6 is 24.0 Å². The fourth-order valence-electron chi connectivity index (χ4n) is 4.18. The number of nitrogens with zero attached hydrogens (tertiary/aromatic N) is 2. The van der Waals surface area contributed by atoms with E-state index in [1.165, 1.54) is 11.6 Å². The second-order valence-electron chi connectivity index (χ2n) is 7.59. The van der Waals surface area contributed by atoms with Crippen molar-refractivity contribution < 1.29 is 18.6 Å². The molecular weight excluding hydrogens is 512 g/mol. The number of guanidine groups is 1.